The molecule has 0 radical (unpaired) electrons. The van der Waals surface area contributed by atoms with Crippen LogP contribution in [0.1, 0.15) is 45.6 Å². The largest absolute Gasteiger partial charge is 0.493 e. The first-order valence-electron chi connectivity index (χ1n) is 9.32. The Hall–Kier alpha value is -2.24. The number of aliphatic imine (C=N–C) groups is 1. The van der Waals surface area contributed by atoms with Gasteiger partial charge in [-0.1, -0.05) is 18.2 Å². The number of rotatable bonds is 5. The zero-order valence-electron chi connectivity index (χ0n) is 16.6. The Bertz CT molecular complexity index is 637. The second-order valence-electron chi connectivity index (χ2n) is 7.72. The number of nitrogens with zero attached hydrogens (tertiary/aromatic N) is 2. The maximum atomic E-state index is 12.2. The van der Waals surface area contributed by atoms with E-state index >= 15 is 0 Å². The highest BCUT2D eigenvalue weighted by Gasteiger charge is 2.22. The molecule has 26 heavy (non-hydrogen) atoms. The normalized spacial score (nSPS) is 17.1. The van der Waals surface area contributed by atoms with Crippen molar-refractivity contribution < 1.29 is 9.53 Å². The molecule has 1 amide bonds. The van der Waals surface area contributed by atoms with Crippen LogP contribution in [0.25, 0.3) is 0 Å². The summed E-state index contributed by atoms with van der Waals surface area (Å²) in [4.78, 5) is 18.8. The maximum absolute atomic E-state index is 12.2. The van der Waals surface area contributed by atoms with Gasteiger partial charge in [-0.15, -0.1) is 0 Å². The van der Waals surface area contributed by atoms with Gasteiger partial charge in [0.25, 0.3) is 0 Å². The van der Waals surface area contributed by atoms with Crippen molar-refractivity contribution >= 4 is 11.9 Å². The summed E-state index contributed by atoms with van der Waals surface area (Å²) >= 11 is 0. The van der Waals surface area contributed by atoms with Gasteiger partial charge in [-0.05, 0) is 45.7 Å². The fraction of sp³-hybridized carbons (Fsp3) is 0.600. The molecule has 1 aromatic rings. The molecule has 0 saturated carbocycles. The molecule has 0 fully saturated rings. The summed E-state index contributed by atoms with van der Waals surface area (Å²) in [5.41, 5.74) is 0.977. The maximum Gasteiger partial charge on any atom is 0.240 e. The third-order valence-corrected chi connectivity index (χ3v) is 4.14. The van der Waals surface area contributed by atoms with E-state index in [0.717, 1.165) is 31.3 Å². The van der Waals surface area contributed by atoms with E-state index in [-0.39, 0.29) is 18.0 Å². The SMILES string of the molecule is CCNC(=NCC1CCOc2ccccc21)N(C)CC(=O)NC(C)(C)C. The summed E-state index contributed by atoms with van der Waals surface area (Å²) < 4.78 is 5.73. The number of likely N-dealkylation sites (N-methyl/N-ethyl adjacent to an activating group) is 1. The molecule has 1 aromatic carbocycles. The van der Waals surface area contributed by atoms with E-state index in [4.69, 9.17) is 9.73 Å². The van der Waals surface area contributed by atoms with Crippen molar-refractivity contribution in [2.24, 2.45) is 4.99 Å². The summed E-state index contributed by atoms with van der Waals surface area (Å²) in [6.07, 6.45) is 0.953. The molecule has 0 aromatic heterocycles. The summed E-state index contributed by atoms with van der Waals surface area (Å²) in [5, 5.41) is 6.26. The van der Waals surface area contributed by atoms with Gasteiger partial charge in [0, 0.05) is 31.6 Å². The fourth-order valence-corrected chi connectivity index (χ4v) is 3.02. The van der Waals surface area contributed by atoms with Crippen molar-refractivity contribution in [3.05, 3.63) is 29.8 Å². The minimum absolute atomic E-state index is 0.0120. The Balaban J connectivity index is 2.03. The lowest BCUT2D eigenvalue weighted by atomic mass is 9.93. The quantitative estimate of drug-likeness (QED) is 0.625. The van der Waals surface area contributed by atoms with Crippen LogP contribution in [-0.2, 0) is 4.79 Å². The predicted octanol–water partition coefficient (Wildman–Crippen LogP) is 2.36. The van der Waals surface area contributed by atoms with Crippen molar-refractivity contribution in [3.63, 3.8) is 0 Å². The summed E-state index contributed by atoms with van der Waals surface area (Å²) in [5.74, 6) is 2.04. The number of carbonyl (C=O) groups excluding carboxylic acids is 1. The van der Waals surface area contributed by atoms with Gasteiger partial charge in [-0.2, -0.15) is 0 Å². The van der Waals surface area contributed by atoms with Crippen LogP contribution < -0.4 is 15.4 Å². The lowest BCUT2D eigenvalue weighted by molar-refractivity contribution is -0.122. The number of nitrogens with one attached hydrogen (secondary N) is 2. The zero-order valence-corrected chi connectivity index (χ0v) is 16.6. The van der Waals surface area contributed by atoms with Gasteiger partial charge in [-0.3, -0.25) is 9.79 Å². The number of amides is 1. The van der Waals surface area contributed by atoms with Crippen molar-refractivity contribution in [1.82, 2.24) is 15.5 Å². The van der Waals surface area contributed by atoms with Gasteiger partial charge in [-0.25, -0.2) is 0 Å². The van der Waals surface area contributed by atoms with Crippen molar-refractivity contribution in [2.45, 2.75) is 45.6 Å². The average molecular weight is 361 g/mol. The van der Waals surface area contributed by atoms with E-state index in [0.29, 0.717) is 12.5 Å². The monoisotopic (exact) mass is 360 g/mol. The second-order valence-corrected chi connectivity index (χ2v) is 7.72. The lowest BCUT2D eigenvalue weighted by Gasteiger charge is -2.27. The zero-order chi connectivity index (χ0) is 19.2. The number of fused-ring (bicyclic) bond motifs is 1. The Kier molecular flexibility index (Phi) is 6.89. The molecule has 0 bridgehead atoms. The molecule has 1 aliphatic rings. The minimum atomic E-state index is -0.237. The summed E-state index contributed by atoms with van der Waals surface area (Å²) in [7, 11) is 1.89. The number of hydrogen-bond donors (Lipinski definition) is 2. The number of para-hydroxylation sites is 1. The van der Waals surface area contributed by atoms with Crippen LogP contribution in [0.15, 0.2) is 29.3 Å². The molecule has 1 atom stereocenters. The fourth-order valence-electron chi connectivity index (χ4n) is 3.02. The van der Waals surface area contributed by atoms with Crippen molar-refractivity contribution in [2.75, 3.05) is 33.3 Å². The molecule has 0 aliphatic carbocycles. The van der Waals surface area contributed by atoms with E-state index in [2.05, 4.69) is 16.7 Å². The van der Waals surface area contributed by atoms with Gasteiger partial charge in [0.2, 0.25) is 5.91 Å². The Labute approximate surface area is 157 Å². The molecule has 6 heteroatoms. The van der Waals surface area contributed by atoms with Gasteiger partial charge in [0.15, 0.2) is 5.96 Å². The lowest BCUT2D eigenvalue weighted by Crippen LogP contribution is -2.48. The van der Waals surface area contributed by atoms with Crippen LogP contribution in [0, 0.1) is 0 Å². The Morgan fingerprint density at radius 3 is 2.77 bits per heavy atom. The molecular weight excluding hydrogens is 328 g/mol. The third kappa shape index (κ3) is 5.93. The van der Waals surface area contributed by atoms with Crippen molar-refractivity contribution in [3.8, 4) is 5.75 Å². The van der Waals surface area contributed by atoms with Crippen molar-refractivity contribution in [1.29, 1.82) is 0 Å². The predicted molar refractivity (Wildman–Crippen MR) is 106 cm³/mol. The molecule has 0 spiro atoms. The van der Waals surface area contributed by atoms with E-state index < -0.39 is 0 Å². The molecule has 2 N–H and O–H groups in total. The first kappa shape index (κ1) is 20.1. The first-order valence-corrected chi connectivity index (χ1v) is 9.32. The number of guanidine groups is 1. The molecule has 2 rings (SSSR count). The third-order valence-electron chi connectivity index (χ3n) is 4.14. The van der Waals surface area contributed by atoms with Gasteiger partial charge >= 0.3 is 0 Å². The van der Waals surface area contributed by atoms with E-state index in [1.54, 1.807) is 0 Å². The molecule has 0 saturated heterocycles. The minimum Gasteiger partial charge on any atom is -0.493 e. The number of ether oxygens (including phenoxy) is 1. The van der Waals surface area contributed by atoms with Gasteiger partial charge < -0.3 is 20.3 Å². The molecule has 1 aliphatic heterocycles. The van der Waals surface area contributed by atoms with Gasteiger partial charge in [0.05, 0.1) is 13.2 Å². The highest BCUT2D eigenvalue weighted by molar-refractivity contribution is 5.86. The molecule has 6 nitrogen and oxygen atoms in total. The van der Waals surface area contributed by atoms with E-state index in [1.807, 2.05) is 57.8 Å². The number of carbonyl (C=O) groups is 1. The average Bonchev–Trinajstić information content (AvgIpc) is 2.56. The number of hydrogen-bond acceptors (Lipinski definition) is 3. The highest BCUT2D eigenvalue weighted by Crippen LogP contribution is 2.33. The molecule has 144 valence electrons. The van der Waals surface area contributed by atoms with Crippen LogP contribution in [0.5, 0.6) is 5.75 Å². The molecule has 1 heterocycles. The van der Waals surface area contributed by atoms with E-state index in [9.17, 15) is 4.79 Å². The van der Waals surface area contributed by atoms with Crippen LogP contribution in [0.2, 0.25) is 0 Å². The van der Waals surface area contributed by atoms with Crippen LogP contribution in [0.3, 0.4) is 0 Å². The number of benzene rings is 1. The Morgan fingerprint density at radius 1 is 1.35 bits per heavy atom. The summed E-state index contributed by atoms with van der Waals surface area (Å²) in [6.45, 7) is 10.4. The smallest absolute Gasteiger partial charge is 0.240 e. The second kappa shape index (κ2) is 8.92. The first-order chi connectivity index (χ1) is 12.3. The van der Waals surface area contributed by atoms with E-state index in [1.165, 1.54) is 5.56 Å². The van der Waals surface area contributed by atoms with Crippen LogP contribution in [-0.4, -0.2) is 55.6 Å². The Morgan fingerprint density at radius 2 is 2.08 bits per heavy atom. The van der Waals surface area contributed by atoms with Gasteiger partial charge in [0.1, 0.15) is 5.75 Å². The topological polar surface area (TPSA) is 66.0 Å². The summed E-state index contributed by atoms with van der Waals surface area (Å²) in [6, 6.07) is 8.16. The standard InChI is InChI=1S/C20H32N4O2/c1-6-21-19(24(5)14-18(25)23-20(2,3)4)22-13-15-11-12-26-17-10-8-7-9-16(15)17/h7-10,15H,6,11-14H2,1-5H3,(H,21,22)(H,23,25). The van der Waals surface area contributed by atoms with Crippen LogP contribution >= 0.6 is 0 Å². The molecular formula is C20H32N4O2. The van der Waals surface area contributed by atoms with Crippen LogP contribution in [0.4, 0.5) is 0 Å². The highest BCUT2D eigenvalue weighted by atomic mass is 16.5. The molecule has 1 unspecified atom stereocenters.